The summed E-state index contributed by atoms with van der Waals surface area (Å²) in [6.45, 7) is 13.6. The lowest BCUT2D eigenvalue weighted by Crippen LogP contribution is -2.46. The van der Waals surface area contributed by atoms with Gasteiger partial charge in [0.25, 0.3) is 0 Å². The molecule has 0 aliphatic heterocycles. The molecule has 0 aliphatic rings. The Morgan fingerprint density at radius 1 is 0.952 bits per heavy atom. The molecule has 0 bridgehead atoms. The molecule has 0 spiro atoms. The van der Waals surface area contributed by atoms with Crippen LogP contribution in [0.4, 0.5) is 0 Å². The molecule has 2 heteroatoms. The predicted octanol–water partition coefficient (Wildman–Crippen LogP) is 5.68. The largest absolute Gasteiger partial charge is 0.234 e. The molecule has 0 heterocycles. The molecule has 0 aromatic heterocycles. The van der Waals surface area contributed by atoms with Crippen molar-refractivity contribution in [3.05, 3.63) is 47.2 Å². The van der Waals surface area contributed by atoms with E-state index < -0.39 is 8.07 Å². The van der Waals surface area contributed by atoms with Crippen LogP contribution in [0.15, 0.2) is 41.6 Å². The number of hydrogen-bond donors (Lipinski definition) is 0. The Hall–Kier alpha value is -1.37. The molecule has 0 saturated carbocycles. The normalized spacial score (nSPS) is 12.4. The van der Waals surface area contributed by atoms with Crippen LogP contribution < -0.4 is 0 Å². The minimum Gasteiger partial charge on any atom is -0.234 e. The molecule has 114 valence electrons. The molecule has 1 aromatic rings. The highest BCUT2D eigenvalue weighted by Gasteiger charge is 2.46. The third-order valence-electron chi connectivity index (χ3n) is 4.68. The number of hydrogen-bond acceptors (Lipinski definition) is 1. The zero-order valence-corrected chi connectivity index (χ0v) is 15.2. The van der Waals surface area contributed by atoms with Gasteiger partial charge in [0, 0.05) is 5.20 Å². The molecule has 0 fully saturated rings. The molecule has 0 radical (unpaired) electrons. The van der Waals surface area contributed by atoms with Crippen LogP contribution in [0.3, 0.4) is 0 Å². The van der Waals surface area contributed by atoms with Crippen LogP contribution in [0.1, 0.15) is 47.1 Å². The van der Waals surface area contributed by atoms with Gasteiger partial charge in [-0.05, 0) is 22.2 Å². The highest BCUT2D eigenvalue weighted by molar-refractivity contribution is 6.91. The summed E-state index contributed by atoms with van der Waals surface area (Å²) in [6, 6.07) is 10.2. The zero-order chi connectivity index (χ0) is 16.0. The summed E-state index contributed by atoms with van der Waals surface area (Å²) in [7, 11) is -1.90. The molecule has 0 unspecified atom stereocenters. The minimum absolute atomic E-state index is 0.523. The summed E-state index contributed by atoms with van der Waals surface area (Å²) >= 11 is 0. The van der Waals surface area contributed by atoms with E-state index >= 15 is 0 Å². The fourth-order valence-corrected chi connectivity index (χ4v) is 10.4. The Kier molecular flexibility index (Phi) is 6.38. The third-order valence-corrected chi connectivity index (χ3v) is 11.6. The Balaban J connectivity index is 3.28. The second-order valence-corrected chi connectivity index (χ2v) is 12.5. The lowest BCUT2D eigenvalue weighted by atomic mass is 10.2. The van der Waals surface area contributed by atoms with E-state index in [9.17, 15) is 4.79 Å². The standard InChI is InChI=1S/C19H28OSi/c1-15(2)21(16(3)4,17(5)6)19(14-20)13-12-18-10-8-7-9-11-18/h7-13,15-17H,1-6H3/b13-12+. The summed E-state index contributed by atoms with van der Waals surface area (Å²) in [4.78, 5) is 11.7. The first-order valence-corrected chi connectivity index (χ1v) is 10.1. The highest BCUT2D eigenvalue weighted by Crippen LogP contribution is 2.46. The van der Waals surface area contributed by atoms with Crippen molar-refractivity contribution in [2.75, 3.05) is 0 Å². The highest BCUT2D eigenvalue weighted by atomic mass is 28.3. The van der Waals surface area contributed by atoms with Crippen molar-refractivity contribution in [1.29, 1.82) is 0 Å². The van der Waals surface area contributed by atoms with Gasteiger partial charge in [-0.1, -0.05) is 84.0 Å². The molecule has 0 amide bonds. The maximum absolute atomic E-state index is 11.7. The smallest absolute Gasteiger partial charge is 0.123 e. The topological polar surface area (TPSA) is 17.1 Å². The van der Waals surface area contributed by atoms with Crippen molar-refractivity contribution in [3.8, 4) is 0 Å². The monoisotopic (exact) mass is 300 g/mol. The van der Waals surface area contributed by atoms with Gasteiger partial charge < -0.3 is 0 Å². The lowest BCUT2D eigenvalue weighted by molar-refractivity contribution is 0.568. The molecule has 1 aromatic carbocycles. The van der Waals surface area contributed by atoms with Gasteiger partial charge in [-0.15, -0.1) is 0 Å². The van der Waals surface area contributed by atoms with E-state index in [0.717, 1.165) is 10.8 Å². The summed E-state index contributed by atoms with van der Waals surface area (Å²) in [5.41, 5.74) is 2.70. The van der Waals surface area contributed by atoms with E-state index in [1.165, 1.54) is 0 Å². The molecule has 1 nitrogen and oxygen atoms in total. The van der Waals surface area contributed by atoms with Crippen LogP contribution in [0.5, 0.6) is 0 Å². The fraction of sp³-hybridized carbons (Fsp3) is 0.474. The number of benzene rings is 1. The van der Waals surface area contributed by atoms with Crippen molar-refractivity contribution in [2.45, 2.75) is 58.2 Å². The van der Waals surface area contributed by atoms with Crippen LogP contribution in [-0.2, 0) is 4.79 Å². The molecule has 0 saturated heterocycles. The van der Waals surface area contributed by atoms with E-state index in [2.05, 4.69) is 65.7 Å². The van der Waals surface area contributed by atoms with Gasteiger partial charge >= 0.3 is 0 Å². The zero-order valence-electron chi connectivity index (χ0n) is 14.2. The Morgan fingerprint density at radius 3 is 1.81 bits per heavy atom. The first kappa shape index (κ1) is 17.7. The third kappa shape index (κ3) is 3.64. The second-order valence-electron chi connectivity index (χ2n) is 6.66. The van der Waals surface area contributed by atoms with Crippen LogP contribution in [0, 0.1) is 0 Å². The maximum atomic E-state index is 11.7. The molecule has 0 N–H and O–H groups in total. The van der Waals surface area contributed by atoms with Crippen molar-refractivity contribution >= 4 is 20.1 Å². The number of rotatable bonds is 6. The molecular weight excluding hydrogens is 272 g/mol. The van der Waals surface area contributed by atoms with E-state index in [1.807, 2.05) is 24.3 Å². The minimum atomic E-state index is -1.90. The molecule has 0 aliphatic carbocycles. The average molecular weight is 301 g/mol. The summed E-state index contributed by atoms with van der Waals surface area (Å²) in [6.07, 6.45) is 4.07. The Bertz CT molecular complexity index is 498. The summed E-state index contributed by atoms with van der Waals surface area (Å²) in [5, 5.41) is 0.923. The van der Waals surface area contributed by atoms with Crippen LogP contribution in [-0.4, -0.2) is 14.0 Å². The average Bonchev–Trinajstić information content (AvgIpc) is 2.43. The van der Waals surface area contributed by atoms with Gasteiger partial charge in [0.15, 0.2) is 0 Å². The SMILES string of the molecule is CC(C)[Si](C(=C=O)/C=C/c1ccccc1)(C(C)C)C(C)C. The second kappa shape index (κ2) is 7.58. The van der Waals surface area contributed by atoms with Crippen molar-refractivity contribution in [2.24, 2.45) is 0 Å². The van der Waals surface area contributed by atoms with Gasteiger partial charge in [-0.2, -0.15) is 0 Å². The van der Waals surface area contributed by atoms with Crippen molar-refractivity contribution < 1.29 is 4.79 Å². The Labute approximate surface area is 130 Å². The van der Waals surface area contributed by atoms with Crippen LogP contribution in [0.2, 0.25) is 16.6 Å². The van der Waals surface area contributed by atoms with E-state index in [1.54, 1.807) is 0 Å². The summed E-state index contributed by atoms with van der Waals surface area (Å²) in [5.74, 6) is 2.30. The van der Waals surface area contributed by atoms with E-state index in [-0.39, 0.29) is 0 Å². The van der Waals surface area contributed by atoms with Gasteiger partial charge in [0.2, 0.25) is 0 Å². The lowest BCUT2D eigenvalue weighted by Gasteiger charge is -2.42. The van der Waals surface area contributed by atoms with E-state index in [0.29, 0.717) is 16.6 Å². The van der Waals surface area contributed by atoms with Gasteiger partial charge in [-0.3, -0.25) is 0 Å². The van der Waals surface area contributed by atoms with Crippen LogP contribution in [0.25, 0.3) is 6.08 Å². The van der Waals surface area contributed by atoms with Crippen molar-refractivity contribution in [1.82, 2.24) is 0 Å². The van der Waals surface area contributed by atoms with Gasteiger partial charge in [0.05, 0.1) is 0 Å². The first-order chi connectivity index (χ1) is 9.87. The van der Waals surface area contributed by atoms with Gasteiger partial charge in [0.1, 0.15) is 14.0 Å². The molecule has 0 atom stereocenters. The van der Waals surface area contributed by atoms with Gasteiger partial charge in [-0.25, -0.2) is 4.79 Å². The quantitative estimate of drug-likeness (QED) is 0.375. The molecule has 21 heavy (non-hydrogen) atoms. The van der Waals surface area contributed by atoms with Crippen LogP contribution >= 0.6 is 0 Å². The Morgan fingerprint density at radius 2 is 1.43 bits per heavy atom. The number of carbonyl (C=O) groups excluding carboxylic acids is 1. The number of allylic oxidation sites excluding steroid dienone is 2. The summed E-state index contributed by atoms with van der Waals surface area (Å²) < 4.78 is 0. The first-order valence-electron chi connectivity index (χ1n) is 7.86. The molecule has 1 rings (SSSR count). The fourth-order valence-electron chi connectivity index (χ4n) is 3.94. The predicted molar refractivity (Wildman–Crippen MR) is 95.7 cm³/mol. The van der Waals surface area contributed by atoms with Crippen molar-refractivity contribution in [3.63, 3.8) is 0 Å². The maximum Gasteiger partial charge on any atom is 0.123 e. The molecular formula is C19H28OSi. The van der Waals surface area contributed by atoms with E-state index in [4.69, 9.17) is 0 Å².